The molecule has 0 aromatic carbocycles. The fraction of sp³-hybridized carbons (Fsp3) is 0.773. The van der Waals surface area contributed by atoms with Gasteiger partial charge in [0.15, 0.2) is 0 Å². The maximum absolute atomic E-state index is 13.5. The summed E-state index contributed by atoms with van der Waals surface area (Å²) in [7, 11) is 0. The molecule has 1 N–H and O–H groups in total. The number of ketones is 2. The van der Waals surface area contributed by atoms with Gasteiger partial charge in [0.05, 0.1) is 0 Å². The predicted octanol–water partition coefficient (Wildman–Crippen LogP) is 3.09. The molecule has 7 atom stereocenters. The standard InChI is InChI=1S/C22H32O5/c1-6-20(4)11-16(27-17(25)12-23)21(5)13(2)7-9-22(14(3)19(20)26)10-8-15(24)18(21)22/h6,13-14,16,18,23H,1,7-12H2,2-5H3/t13-,14+,16-,18+,20-,21+,22+/m1/s1. The molecule has 3 aliphatic rings. The number of ether oxygens (including phenoxy) is 1. The fourth-order valence-corrected chi connectivity index (χ4v) is 6.48. The van der Waals surface area contributed by atoms with Gasteiger partial charge in [-0.25, -0.2) is 4.79 Å². The van der Waals surface area contributed by atoms with E-state index >= 15 is 0 Å². The minimum Gasteiger partial charge on any atom is -0.460 e. The Morgan fingerprint density at radius 2 is 1.96 bits per heavy atom. The topological polar surface area (TPSA) is 80.7 Å². The van der Waals surface area contributed by atoms with Gasteiger partial charge in [0, 0.05) is 35.5 Å². The summed E-state index contributed by atoms with van der Waals surface area (Å²) in [6.07, 6.45) is 4.31. The maximum Gasteiger partial charge on any atom is 0.332 e. The molecule has 2 bridgehead atoms. The lowest BCUT2D eigenvalue weighted by molar-refractivity contribution is -0.194. The third-order valence-corrected chi connectivity index (χ3v) is 8.44. The molecule has 27 heavy (non-hydrogen) atoms. The molecule has 3 rings (SSSR count). The molecule has 0 radical (unpaired) electrons. The first kappa shape index (κ1) is 20.2. The Morgan fingerprint density at radius 1 is 1.30 bits per heavy atom. The van der Waals surface area contributed by atoms with Gasteiger partial charge in [0.25, 0.3) is 0 Å². The lowest BCUT2D eigenvalue weighted by Gasteiger charge is -2.60. The van der Waals surface area contributed by atoms with Crippen LogP contribution in [0.2, 0.25) is 0 Å². The van der Waals surface area contributed by atoms with Crippen molar-refractivity contribution in [2.45, 2.75) is 65.9 Å². The van der Waals surface area contributed by atoms with E-state index in [9.17, 15) is 19.5 Å². The summed E-state index contributed by atoms with van der Waals surface area (Å²) in [5.41, 5.74) is -1.76. The second-order valence-corrected chi connectivity index (χ2v) is 9.49. The van der Waals surface area contributed by atoms with Gasteiger partial charge in [-0.05, 0) is 37.5 Å². The van der Waals surface area contributed by atoms with E-state index in [0.29, 0.717) is 12.8 Å². The van der Waals surface area contributed by atoms with Crippen LogP contribution >= 0.6 is 0 Å². The minimum atomic E-state index is -0.832. The van der Waals surface area contributed by atoms with Crippen LogP contribution in [0, 0.1) is 34.0 Å². The lowest BCUT2D eigenvalue weighted by atomic mass is 9.44. The summed E-state index contributed by atoms with van der Waals surface area (Å²) >= 11 is 0. The van der Waals surface area contributed by atoms with Gasteiger partial charge in [-0.1, -0.05) is 26.8 Å². The number of aliphatic hydroxyl groups excluding tert-OH is 1. The fourth-order valence-electron chi connectivity index (χ4n) is 6.48. The number of allylic oxidation sites excluding steroid dienone is 1. The number of hydrogen-bond acceptors (Lipinski definition) is 5. The average Bonchev–Trinajstić information content (AvgIpc) is 3.00. The summed E-state index contributed by atoms with van der Waals surface area (Å²) in [5, 5.41) is 9.26. The first-order chi connectivity index (χ1) is 12.6. The second kappa shape index (κ2) is 6.54. The number of esters is 1. The Labute approximate surface area is 161 Å². The van der Waals surface area contributed by atoms with E-state index < -0.39 is 29.5 Å². The van der Waals surface area contributed by atoms with Gasteiger partial charge in [0.2, 0.25) is 0 Å². The molecular weight excluding hydrogens is 344 g/mol. The first-order valence-electron chi connectivity index (χ1n) is 10.1. The molecule has 0 aliphatic heterocycles. The number of aliphatic hydroxyl groups is 1. The van der Waals surface area contributed by atoms with Gasteiger partial charge in [-0.15, -0.1) is 6.58 Å². The van der Waals surface area contributed by atoms with Crippen LogP contribution in [-0.2, 0) is 19.1 Å². The Balaban J connectivity index is 2.22. The van der Waals surface area contributed by atoms with Crippen LogP contribution in [0.15, 0.2) is 12.7 Å². The molecule has 0 amide bonds. The van der Waals surface area contributed by atoms with Crippen LogP contribution in [0.3, 0.4) is 0 Å². The van der Waals surface area contributed by atoms with Crippen LogP contribution in [0.1, 0.15) is 59.8 Å². The molecule has 5 heteroatoms. The molecular formula is C22H32O5. The second-order valence-electron chi connectivity index (χ2n) is 9.49. The number of hydrogen-bond donors (Lipinski definition) is 1. The van der Waals surface area contributed by atoms with Gasteiger partial charge >= 0.3 is 5.97 Å². The summed E-state index contributed by atoms with van der Waals surface area (Å²) in [6, 6.07) is 0. The minimum absolute atomic E-state index is 0.0823. The quantitative estimate of drug-likeness (QED) is 0.605. The van der Waals surface area contributed by atoms with Crippen LogP contribution in [0.4, 0.5) is 0 Å². The molecule has 3 saturated carbocycles. The Morgan fingerprint density at radius 3 is 2.56 bits per heavy atom. The zero-order chi connectivity index (χ0) is 20.2. The third-order valence-electron chi connectivity index (χ3n) is 8.44. The third kappa shape index (κ3) is 2.65. The van der Waals surface area contributed by atoms with Gasteiger partial charge < -0.3 is 9.84 Å². The Kier molecular flexibility index (Phi) is 4.91. The maximum atomic E-state index is 13.5. The van der Waals surface area contributed by atoms with E-state index in [2.05, 4.69) is 20.4 Å². The van der Waals surface area contributed by atoms with Crippen molar-refractivity contribution in [1.29, 1.82) is 0 Å². The van der Waals surface area contributed by atoms with Crippen LogP contribution < -0.4 is 0 Å². The van der Waals surface area contributed by atoms with Crippen molar-refractivity contribution < 1.29 is 24.2 Å². The number of Topliss-reactive ketones (excluding diaryl/α,β-unsaturated/α-hetero) is 2. The molecule has 5 nitrogen and oxygen atoms in total. The van der Waals surface area contributed by atoms with E-state index in [1.807, 2.05) is 13.8 Å². The number of carbonyl (C=O) groups is 3. The van der Waals surface area contributed by atoms with Crippen molar-refractivity contribution in [1.82, 2.24) is 0 Å². The molecule has 0 aromatic rings. The average molecular weight is 376 g/mol. The monoisotopic (exact) mass is 376 g/mol. The predicted molar refractivity (Wildman–Crippen MR) is 101 cm³/mol. The zero-order valence-electron chi connectivity index (χ0n) is 16.9. The highest BCUT2D eigenvalue weighted by Gasteiger charge is 2.68. The number of carbonyl (C=O) groups excluding carboxylic acids is 3. The molecule has 0 heterocycles. The molecule has 0 saturated heterocycles. The van der Waals surface area contributed by atoms with E-state index in [4.69, 9.17) is 4.74 Å². The zero-order valence-corrected chi connectivity index (χ0v) is 16.9. The van der Waals surface area contributed by atoms with Gasteiger partial charge in [-0.3, -0.25) is 9.59 Å². The summed E-state index contributed by atoms with van der Waals surface area (Å²) in [4.78, 5) is 38.6. The van der Waals surface area contributed by atoms with Crippen molar-refractivity contribution in [3.05, 3.63) is 12.7 Å². The van der Waals surface area contributed by atoms with Gasteiger partial charge in [0.1, 0.15) is 24.3 Å². The molecule has 150 valence electrons. The van der Waals surface area contributed by atoms with Crippen molar-refractivity contribution >= 4 is 17.5 Å². The van der Waals surface area contributed by atoms with Crippen LogP contribution in [0.25, 0.3) is 0 Å². The first-order valence-corrected chi connectivity index (χ1v) is 10.1. The lowest BCUT2D eigenvalue weighted by Crippen LogP contribution is -2.62. The smallest absolute Gasteiger partial charge is 0.332 e. The Bertz CT molecular complexity index is 684. The Hall–Kier alpha value is -1.49. The SMILES string of the molecule is C=C[C@]1(C)C[C@@H](OC(=O)CO)[C@]2(C)[C@H](C)CC[C@]3(CCC(=O)[C@H]32)[C@@H](C)C1=O. The molecule has 0 spiro atoms. The normalized spacial score (nSPS) is 47.0. The van der Waals surface area contributed by atoms with Crippen LogP contribution in [-0.4, -0.2) is 35.4 Å². The highest BCUT2D eigenvalue weighted by molar-refractivity contribution is 5.93. The highest BCUT2D eigenvalue weighted by Crippen LogP contribution is 2.67. The summed E-state index contributed by atoms with van der Waals surface area (Å²) < 4.78 is 5.73. The van der Waals surface area contributed by atoms with Crippen molar-refractivity contribution in [2.24, 2.45) is 34.0 Å². The molecule has 0 aromatic heterocycles. The number of rotatable bonds is 3. The largest absolute Gasteiger partial charge is 0.460 e. The van der Waals surface area contributed by atoms with Crippen molar-refractivity contribution in [2.75, 3.05) is 6.61 Å². The van der Waals surface area contributed by atoms with E-state index in [-0.39, 0.29) is 34.7 Å². The van der Waals surface area contributed by atoms with E-state index in [1.165, 1.54) is 0 Å². The summed E-state index contributed by atoms with van der Waals surface area (Å²) in [6.45, 7) is 11.2. The van der Waals surface area contributed by atoms with E-state index in [1.54, 1.807) is 6.08 Å². The van der Waals surface area contributed by atoms with E-state index in [0.717, 1.165) is 19.3 Å². The molecule has 3 fully saturated rings. The summed E-state index contributed by atoms with van der Waals surface area (Å²) in [5.74, 6) is -0.794. The van der Waals surface area contributed by atoms with Crippen molar-refractivity contribution in [3.8, 4) is 0 Å². The molecule has 3 aliphatic carbocycles. The van der Waals surface area contributed by atoms with Gasteiger partial charge in [-0.2, -0.15) is 0 Å². The van der Waals surface area contributed by atoms with Crippen molar-refractivity contribution in [3.63, 3.8) is 0 Å². The molecule has 0 unspecified atom stereocenters. The highest BCUT2D eigenvalue weighted by atomic mass is 16.6. The van der Waals surface area contributed by atoms with Crippen LogP contribution in [0.5, 0.6) is 0 Å².